The summed E-state index contributed by atoms with van der Waals surface area (Å²) in [5.41, 5.74) is 9.82. The summed E-state index contributed by atoms with van der Waals surface area (Å²) in [5, 5.41) is 14.6. The van der Waals surface area contributed by atoms with E-state index in [0.717, 1.165) is 44.7 Å². The van der Waals surface area contributed by atoms with Crippen molar-refractivity contribution in [3.63, 3.8) is 0 Å². The monoisotopic (exact) mass is 723 g/mol. The Kier molecular flexibility index (Phi) is 5.45. The molecule has 0 aliphatic rings. The lowest BCUT2D eigenvalue weighted by atomic mass is 10.0. The molecule has 0 amide bonds. The highest BCUT2D eigenvalue weighted by atomic mass is 15.2. The van der Waals surface area contributed by atoms with Crippen LogP contribution in [-0.2, 0) is 0 Å². The number of fused-ring (bicyclic) bond motifs is 18. The zero-order valence-electron chi connectivity index (χ0n) is 30.5. The average Bonchev–Trinajstić information content (AvgIpc) is 4.00. The smallest absolute Gasteiger partial charge is 0.182 e. The van der Waals surface area contributed by atoms with E-state index in [2.05, 4.69) is 189 Å². The normalized spacial score (nSPS) is 12.6. The number of aromatic nitrogens is 5. The van der Waals surface area contributed by atoms with Crippen molar-refractivity contribution in [1.82, 2.24) is 23.5 Å². The van der Waals surface area contributed by atoms with Crippen LogP contribution in [0.3, 0.4) is 0 Å². The van der Waals surface area contributed by atoms with Gasteiger partial charge >= 0.3 is 0 Å². The molecule has 14 aromatic rings. The molecule has 0 aliphatic heterocycles. The standard InChI is InChI=1S/C52H29N5/c1-3-15-32-30(13-1)26-28-45-46(32)36-18-6-12-24-44(36)56(45)51-52(54-41-21-9-8-20-40(41)53-51)57-48-33-16-4-2-14-31(33)25-27-35(48)39-29-38-34-17-5-10-22-42(34)55-43-23-11-7-19-37(43)47(49(38)55)50(39)57/h1-29H. The van der Waals surface area contributed by atoms with Gasteiger partial charge in [-0.25, -0.2) is 9.97 Å². The fourth-order valence-corrected chi connectivity index (χ4v) is 10.2. The Morgan fingerprint density at radius 1 is 0.298 bits per heavy atom. The van der Waals surface area contributed by atoms with Gasteiger partial charge < -0.3 is 4.40 Å². The molecule has 0 atom stereocenters. The van der Waals surface area contributed by atoms with E-state index in [1.807, 2.05) is 0 Å². The van der Waals surface area contributed by atoms with Crippen LogP contribution in [0.5, 0.6) is 0 Å². The Bertz CT molecular complexity index is 4050. The molecule has 57 heavy (non-hydrogen) atoms. The molecular formula is C52H29N5. The second kappa shape index (κ2) is 10.5. The first kappa shape index (κ1) is 29.6. The Morgan fingerprint density at radius 2 is 0.825 bits per heavy atom. The van der Waals surface area contributed by atoms with Crippen LogP contribution >= 0.6 is 0 Å². The molecule has 262 valence electrons. The summed E-state index contributed by atoms with van der Waals surface area (Å²) in [4.78, 5) is 11.3. The fourth-order valence-electron chi connectivity index (χ4n) is 10.2. The lowest BCUT2D eigenvalue weighted by molar-refractivity contribution is 0.999. The predicted octanol–water partition coefficient (Wildman–Crippen LogP) is 13.3. The second-order valence-electron chi connectivity index (χ2n) is 15.3. The van der Waals surface area contributed by atoms with Gasteiger partial charge in [-0.2, -0.15) is 0 Å². The number of hydrogen-bond donors (Lipinski definition) is 0. The zero-order valence-corrected chi connectivity index (χ0v) is 30.5. The van der Waals surface area contributed by atoms with Crippen molar-refractivity contribution in [2.24, 2.45) is 0 Å². The van der Waals surface area contributed by atoms with Crippen LogP contribution in [0, 0.1) is 0 Å². The van der Waals surface area contributed by atoms with Gasteiger partial charge in [0.1, 0.15) is 0 Å². The molecule has 5 aromatic heterocycles. The van der Waals surface area contributed by atoms with Crippen molar-refractivity contribution in [3.8, 4) is 11.6 Å². The van der Waals surface area contributed by atoms with Gasteiger partial charge in [0.05, 0.1) is 49.7 Å². The van der Waals surface area contributed by atoms with Crippen molar-refractivity contribution < 1.29 is 0 Å². The van der Waals surface area contributed by atoms with Crippen LogP contribution in [0.2, 0.25) is 0 Å². The van der Waals surface area contributed by atoms with Crippen LogP contribution < -0.4 is 0 Å². The number of nitrogens with zero attached hydrogens (tertiary/aromatic N) is 5. The van der Waals surface area contributed by atoms with Gasteiger partial charge in [-0.3, -0.25) is 9.13 Å². The lowest BCUT2D eigenvalue weighted by Crippen LogP contribution is -2.09. The Hall–Kier alpha value is -7.76. The quantitative estimate of drug-likeness (QED) is 0.178. The van der Waals surface area contributed by atoms with E-state index >= 15 is 0 Å². The molecular weight excluding hydrogens is 695 g/mol. The van der Waals surface area contributed by atoms with Crippen LogP contribution in [0.4, 0.5) is 0 Å². The van der Waals surface area contributed by atoms with Crippen molar-refractivity contribution in [3.05, 3.63) is 176 Å². The predicted molar refractivity (Wildman–Crippen MR) is 238 cm³/mol. The summed E-state index contributed by atoms with van der Waals surface area (Å²) in [5.74, 6) is 1.59. The summed E-state index contributed by atoms with van der Waals surface area (Å²) >= 11 is 0. The molecule has 0 N–H and O–H groups in total. The Balaban J connectivity index is 1.27. The molecule has 5 heteroatoms. The van der Waals surface area contributed by atoms with Crippen molar-refractivity contribution in [2.45, 2.75) is 0 Å². The molecule has 0 bridgehead atoms. The van der Waals surface area contributed by atoms with Gasteiger partial charge in [-0.1, -0.05) is 133 Å². The van der Waals surface area contributed by atoms with Gasteiger partial charge in [0, 0.05) is 48.5 Å². The van der Waals surface area contributed by atoms with E-state index in [1.54, 1.807) is 0 Å². The summed E-state index contributed by atoms with van der Waals surface area (Å²) in [6.07, 6.45) is 0. The molecule has 0 radical (unpaired) electrons. The van der Waals surface area contributed by atoms with Gasteiger partial charge in [-0.15, -0.1) is 0 Å². The van der Waals surface area contributed by atoms with Crippen molar-refractivity contribution in [1.29, 1.82) is 0 Å². The summed E-state index contributed by atoms with van der Waals surface area (Å²) in [6.45, 7) is 0. The first-order valence-electron chi connectivity index (χ1n) is 19.5. The SMILES string of the molecule is c1ccc2c(c1)ccc1c2c2ccccc2n1-c1nc2ccccc2nc1-n1c2c3ccccc3ccc2c2cc3c4ccccc4n4c5ccccc5c(c21)c34. The van der Waals surface area contributed by atoms with E-state index < -0.39 is 0 Å². The first-order chi connectivity index (χ1) is 28.3. The molecule has 9 aromatic carbocycles. The van der Waals surface area contributed by atoms with Crippen LogP contribution in [0.1, 0.15) is 0 Å². The third-order valence-corrected chi connectivity index (χ3v) is 12.5. The molecule has 5 nitrogen and oxygen atoms in total. The highest BCUT2D eigenvalue weighted by Gasteiger charge is 2.28. The third-order valence-electron chi connectivity index (χ3n) is 12.5. The van der Waals surface area contributed by atoms with Gasteiger partial charge in [-0.05, 0) is 58.6 Å². The maximum Gasteiger partial charge on any atom is 0.182 e. The molecule has 0 saturated carbocycles. The molecule has 0 unspecified atom stereocenters. The minimum absolute atomic E-state index is 0.793. The van der Waals surface area contributed by atoms with Crippen LogP contribution in [-0.4, -0.2) is 23.5 Å². The topological polar surface area (TPSA) is 40.0 Å². The first-order valence-corrected chi connectivity index (χ1v) is 19.5. The average molecular weight is 724 g/mol. The molecule has 0 saturated heterocycles. The van der Waals surface area contributed by atoms with Crippen LogP contribution in [0.15, 0.2) is 176 Å². The molecule has 5 heterocycles. The van der Waals surface area contributed by atoms with Gasteiger partial charge in [0.25, 0.3) is 0 Å². The molecule has 0 aliphatic carbocycles. The van der Waals surface area contributed by atoms with E-state index in [-0.39, 0.29) is 0 Å². The van der Waals surface area contributed by atoms with Crippen LogP contribution in [0.25, 0.3) is 126 Å². The minimum atomic E-state index is 0.793. The molecule has 0 spiro atoms. The van der Waals surface area contributed by atoms with E-state index in [0.29, 0.717) is 0 Å². The Labute approximate surface area is 324 Å². The number of hydrogen-bond acceptors (Lipinski definition) is 2. The number of para-hydroxylation sites is 5. The maximum atomic E-state index is 5.70. The summed E-state index contributed by atoms with van der Waals surface area (Å²) in [6, 6.07) is 63.7. The third kappa shape index (κ3) is 3.64. The molecule has 14 rings (SSSR count). The Morgan fingerprint density at radius 3 is 1.58 bits per heavy atom. The second-order valence-corrected chi connectivity index (χ2v) is 15.3. The number of rotatable bonds is 2. The highest BCUT2D eigenvalue weighted by molar-refractivity contribution is 6.35. The lowest BCUT2D eigenvalue weighted by Gasteiger charge is -2.17. The van der Waals surface area contributed by atoms with E-state index in [1.165, 1.54) is 81.2 Å². The van der Waals surface area contributed by atoms with Gasteiger partial charge in [0.2, 0.25) is 0 Å². The fraction of sp³-hybridized carbons (Fsp3) is 0. The summed E-state index contributed by atoms with van der Waals surface area (Å²) < 4.78 is 7.29. The van der Waals surface area contributed by atoms with Gasteiger partial charge in [0.15, 0.2) is 11.6 Å². The highest BCUT2D eigenvalue weighted by Crippen LogP contribution is 2.48. The van der Waals surface area contributed by atoms with E-state index in [4.69, 9.17) is 9.97 Å². The van der Waals surface area contributed by atoms with Crippen molar-refractivity contribution >= 4 is 114 Å². The summed E-state index contributed by atoms with van der Waals surface area (Å²) in [7, 11) is 0. The molecule has 0 fully saturated rings. The minimum Gasteiger partial charge on any atom is -0.308 e. The number of benzene rings is 9. The van der Waals surface area contributed by atoms with Crippen molar-refractivity contribution in [2.75, 3.05) is 0 Å². The maximum absolute atomic E-state index is 5.70. The zero-order chi connectivity index (χ0) is 36.9. The van der Waals surface area contributed by atoms with E-state index in [9.17, 15) is 0 Å². The largest absolute Gasteiger partial charge is 0.308 e.